The van der Waals surface area contributed by atoms with Crippen molar-refractivity contribution in [3.63, 3.8) is 0 Å². The van der Waals surface area contributed by atoms with Gasteiger partial charge in [0.2, 0.25) is 0 Å². The maximum atomic E-state index is 5.36. The molecule has 0 atom stereocenters. The monoisotopic (exact) mass is 194 g/mol. The van der Waals surface area contributed by atoms with E-state index in [1.807, 2.05) is 6.20 Å². The van der Waals surface area contributed by atoms with Crippen LogP contribution in [0.25, 0.3) is 0 Å². The number of dihydropyridines is 1. The topological polar surface area (TPSA) is 24.5 Å². The Morgan fingerprint density at radius 3 is 2.86 bits per heavy atom. The van der Waals surface area contributed by atoms with Crippen molar-refractivity contribution in [2.75, 3.05) is 26.8 Å². The first-order valence-corrected chi connectivity index (χ1v) is 5.28. The molecule has 0 spiro atoms. The molecule has 14 heavy (non-hydrogen) atoms. The molecule has 0 unspecified atom stereocenters. The predicted molar refractivity (Wildman–Crippen MR) is 56.8 cm³/mol. The van der Waals surface area contributed by atoms with Crippen LogP contribution in [0.1, 0.15) is 12.8 Å². The summed E-state index contributed by atoms with van der Waals surface area (Å²) in [4.78, 5) is 2.37. The molecule has 1 N–H and O–H groups in total. The predicted octanol–water partition coefficient (Wildman–Crippen LogP) is 1.10. The van der Waals surface area contributed by atoms with Crippen LogP contribution in [-0.4, -0.2) is 37.7 Å². The van der Waals surface area contributed by atoms with Crippen LogP contribution in [0.3, 0.4) is 0 Å². The van der Waals surface area contributed by atoms with Crippen LogP contribution in [-0.2, 0) is 4.74 Å². The summed E-state index contributed by atoms with van der Waals surface area (Å²) >= 11 is 0. The summed E-state index contributed by atoms with van der Waals surface area (Å²) in [6.45, 7) is 2.76. The molecular formula is C11H18N2O. The lowest BCUT2D eigenvalue weighted by Gasteiger charge is -2.34. The normalized spacial score (nSPS) is 22.8. The van der Waals surface area contributed by atoms with Crippen molar-refractivity contribution in [3.8, 4) is 0 Å². The lowest BCUT2D eigenvalue weighted by atomic mass is 10.1. The number of hydrogen-bond acceptors (Lipinski definition) is 3. The fourth-order valence-electron chi connectivity index (χ4n) is 1.99. The maximum Gasteiger partial charge on any atom is 0.0485 e. The summed E-state index contributed by atoms with van der Waals surface area (Å²) in [5.74, 6) is 0. The number of allylic oxidation sites excluding steroid dienone is 1. The molecule has 0 radical (unpaired) electrons. The highest BCUT2D eigenvalue weighted by atomic mass is 16.5. The van der Waals surface area contributed by atoms with Gasteiger partial charge in [-0.15, -0.1) is 0 Å². The van der Waals surface area contributed by atoms with E-state index in [2.05, 4.69) is 29.4 Å². The van der Waals surface area contributed by atoms with Crippen molar-refractivity contribution in [3.05, 3.63) is 24.0 Å². The first-order valence-electron chi connectivity index (χ1n) is 5.28. The van der Waals surface area contributed by atoms with E-state index in [4.69, 9.17) is 4.74 Å². The first kappa shape index (κ1) is 9.59. The Bertz CT molecular complexity index is 242. The highest BCUT2D eigenvalue weighted by Crippen LogP contribution is 2.18. The van der Waals surface area contributed by atoms with Gasteiger partial charge in [-0.3, -0.25) is 0 Å². The Labute approximate surface area is 85.4 Å². The van der Waals surface area contributed by atoms with Crippen LogP contribution in [0, 0.1) is 0 Å². The molecule has 0 aromatic rings. The van der Waals surface area contributed by atoms with Gasteiger partial charge in [0.1, 0.15) is 0 Å². The van der Waals surface area contributed by atoms with Gasteiger partial charge in [0.15, 0.2) is 0 Å². The smallest absolute Gasteiger partial charge is 0.0485 e. The summed E-state index contributed by atoms with van der Waals surface area (Å²) in [6.07, 6.45) is 8.68. The molecule has 2 heterocycles. The van der Waals surface area contributed by atoms with Crippen molar-refractivity contribution < 1.29 is 4.74 Å². The van der Waals surface area contributed by atoms with E-state index in [9.17, 15) is 0 Å². The third-order valence-electron chi connectivity index (χ3n) is 2.95. The zero-order valence-corrected chi connectivity index (χ0v) is 8.70. The molecule has 0 bridgehead atoms. The average molecular weight is 194 g/mol. The largest absolute Gasteiger partial charge is 0.387 e. The minimum atomic E-state index is 0.651. The van der Waals surface area contributed by atoms with Gasteiger partial charge in [-0.05, 0) is 31.2 Å². The molecular weight excluding hydrogens is 176 g/mol. The molecule has 0 saturated carbocycles. The van der Waals surface area contributed by atoms with Gasteiger partial charge in [0.05, 0.1) is 0 Å². The van der Waals surface area contributed by atoms with E-state index >= 15 is 0 Å². The molecule has 1 fully saturated rings. The second-order valence-electron chi connectivity index (χ2n) is 3.83. The first-order chi connectivity index (χ1) is 6.88. The lowest BCUT2D eigenvalue weighted by Crippen LogP contribution is -2.36. The fraction of sp³-hybridized carbons (Fsp3) is 0.636. The van der Waals surface area contributed by atoms with E-state index in [1.54, 1.807) is 0 Å². The van der Waals surface area contributed by atoms with Crippen molar-refractivity contribution in [2.45, 2.75) is 18.9 Å². The van der Waals surface area contributed by atoms with E-state index in [1.165, 1.54) is 5.70 Å². The van der Waals surface area contributed by atoms with Gasteiger partial charge >= 0.3 is 0 Å². The second kappa shape index (κ2) is 4.51. The molecule has 2 aliphatic heterocycles. The van der Waals surface area contributed by atoms with Gasteiger partial charge in [0.25, 0.3) is 0 Å². The third kappa shape index (κ3) is 2.10. The Morgan fingerprint density at radius 1 is 1.43 bits per heavy atom. The number of nitrogens with zero attached hydrogens (tertiary/aromatic N) is 1. The van der Waals surface area contributed by atoms with Crippen molar-refractivity contribution in [2.24, 2.45) is 0 Å². The minimum Gasteiger partial charge on any atom is -0.387 e. The highest BCUT2D eigenvalue weighted by Gasteiger charge is 2.19. The van der Waals surface area contributed by atoms with Crippen molar-refractivity contribution in [1.82, 2.24) is 10.2 Å². The minimum absolute atomic E-state index is 0.651. The molecule has 0 amide bonds. The Kier molecular flexibility index (Phi) is 3.09. The van der Waals surface area contributed by atoms with E-state index in [0.29, 0.717) is 6.04 Å². The van der Waals surface area contributed by atoms with E-state index in [-0.39, 0.29) is 0 Å². The fourth-order valence-corrected chi connectivity index (χ4v) is 1.99. The molecule has 0 aromatic heterocycles. The van der Waals surface area contributed by atoms with Gasteiger partial charge < -0.3 is 15.0 Å². The Balaban J connectivity index is 1.95. The van der Waals surface area contributed by atoms with Crippen LogP contribution in [0.4, 0.5) is 0 Å². The number of ether oxygens (including phenoxy) is 1. The summed E-state index contributed by atoms with van der Waals surface area (Å²) in [5, 5.41) is 3.16. The van der Waals surface area contributed by atoms with Gasteiger partial charge in [0, 0.05) is 38.5 Å². The molecule has 1 saturated heterocycles. The summed E-state index contributed by atoms with van der Waals surface area (Å²) in [6, 6.07) is 0.651. The maximum absolute atomic E-state index is 5.36. The zero-order valence-electron chi connectivity index (χ0n) is 8.70. The molecule has 78 valence electrons. The van der Waals surface area contributed by atoms with Crippen molar-refractivity contribution in [1.29, 1.82) is 0 Å². The summed E-state index contributed by atoms with van der Waals surface area (Å²) in [5.41, 5.74) is 1.33. The van der Waals surface area contributed by atoms with Crippen molar-refractivity contribution >= 4 is 0 Å². The molecule has 3 nitrogen and oxygen atoms in total. The molecule has 3 heteroatoms. The third-order valence-corrected chi connectivity index (χ3v) is 2.95. The van der Waals surface area contributed by atoms with E-state index < -0.39 is 0 Å². The number of rotatable bonds is 2. The van der Waals surface area contributed by atoms with Gasteiger partial charge in [-0.1, -0.05) is 0 Å². The lowest BCUT2D eigenvalue weighted by molar-refractivity contribution is 0.0535. The second-order valence-corrected chi connectivity index (χ2v) is 3.83. The number of nitrogens with one attached hydrogen (secondary N) is 1. The quantitative estimate of drug-likeness (QED) is 0.712. The molecule has 0 aromatic carbocycles. The highest BCUT2D eigenvalue weighted by molar-refractivity contribution is 5.21. The standard InChI is InChI=1S/C11H18N2O/c1-13(10-2-6-12-7-3-10)11-4-8-14-9-5-11/h2-3,6,11-12H,4-5,7-9H2,1H3. The summed E-state index contributed by atoms with van der Waals surface area (Å²) in [7, 11) is 2.18. The van der Waals surface area contributed by atoms with Crippen LogP contribution in [0.2, 0.25) is 0 Å². The van der Waals surface area contributed by atoms with Crippen LogP contribution in [0.15, 0.2) is 24.0 Å². The van der Waals surface area contributed by atoms with Crippen LogP contribution in [0.5, 0.6) is 0 Å². The van der Waals surface area contributed by atoms with Gasteiger partial charge in [-0.25, -0.2) is 0 Å². The molecule has 2 aliphatic rings. The number of hydrogen-bond donors (Lipinski definition) is 1. The molecule has 2 rings (SSSR count). The molecule has 0 aliphatic carbocycles. The zero-order chi connectivity index (χ0) is 9.80. The van der Waals surface area contributed by atoms with E-state index in [0.717, 1.165) is 32.6 Å². The van der Waals surface area contributed by atoms with Crippen LogP contribution < -0.4 is 5.32 Å². The Hall–Kier alpha value is -0.960. The average Bonchev–Trinajstić information content (AvgIpc) is 2.30. The van der Waals surface area contributed by atoms with Crippen LogP contribution >= 0.6 is 0 Å². The van der Waals surface area contributed by atoms with Gasteiger partial charge in [-0.2, -0.15) is 0 Å². The number of likely N-dealkylation sites (N-methyl/N-ethyl adjacent to an activating group) is 1. The Morgan fingerprint density at radius 2 is 2.21 bits per heavy atom. The SMILES string of the molecule is CN(C1=CCNC=C1)C1CCOCC1. The summed E-state index contributed by atoms with van der Waals surface area (Å²) < 4.78 is 5.36.